The maximum atomic E-state index is 9.61. The van der Waals surface area contributed by atoms with Crippen molar-refractivity contribution in [1.29, 1.82) is 5.26 Å². The third-order valence-corrected chi connectivity index (χ3v) is 5.84. The zero-order valence-corrected chi connectivity index (χ0v) is 17.5. The lowest BCUT2D eigenvalue weighted by Crippen LogP contribution is -2.48. The van der Waals surface area contributed by atoms with E-state index in [1.165, 1.54) is 11.3 Å². The minimum Gasteiger partial charge on any atom is -0.366 e. The lowest BCUT2D eigenvalue weighted by molar-refractivity contribution is 0.381. The van der Waals surface area contributed by atoms with Gasteiger partial charge in [0.05, 0.1) is 11.6 Å². The molecule has 0 spiro atoms. The summed E-state index contributed by atoms with van der Waals surface area (Å²) in [6, 6.07) is 16.8. The van der Waals surface area contributed by atoms with Crippen molar-refractivity contribution in [3.05, 3.63) is 63.6 Å². The van der Waals surface area contributed by atoms with E-state index >= 15 is 0 Å². The fraction of sp³-hybridized carbons (Fsp3) is 0.348. The first-order chi connectivity index (χ1) is 12.4. The second-order valence-electron chi connectivity index (χ2n) is 7.66. The van der Waals surface area contributed by atoms with Crippen LogP contribution >= 0.6 is 15.9 Å². The standard InChI is InChI=1S/C23H25BrN2/c1-5-26-22-11-6-17(13-21(22)16(2)14-23(26,3)4)12-19(15-25)18-7-9-20(24)10-8-18/h6-13,16H,5,14H2,1-4H3/b19-12-/t16-/m0/s1. The Kier molecular flexibility index (Phi) is 5.25. The number of nitrogens with zero attached hydrogens (tertiary/aromatic N) is 2. The number of nitriles is 1. The van der Waals surface area contributed by atoms with E-state index in [4.69, 9.17) is 0 Å². The quantitative estimate of drug-likeness (QED) is 0.421. The Morgan fingerprint density at radius 2 is 1.96 bits per heavy atom. The topological polar surface area (TPSA) is 27.0 Å². The van der Waals surface area contributed by atoms with Gasteiger partial charge < -0.3 is 4.90 Å². The predicted molar refractivity (Wildman–Crippen MR) is 114 cm³/mol. The van der Waals surface area contributed by atoms with Crippen LogP contribution in [0.2, 0.25) is 0 Å². The van der Waals surface area contributed by atoms with E-state index < -0.39 is 0 Å². The van der Waals surface area contributed by atoms with Gasteiger partial charge in [0.2, 0.25) is 0 Å². The highest BCUT2D eigenvalue weighted by molar-refractivity contribution is 9.10. The first-order valence-corrected chi connectivity index (χ1v) is 9.94. The van der Waals surface area contributed by atoms with Crippen molar-refractivity contribution in [3.8, 4) is 6.07 Å². The van der Waals surface area contributed by atoms with Crippen molar-refractivity contribution in [2.75, 3.05) is 11.4 Å². The molecule has 0 unspecified atom stereocenters. The molecule has 0 aromatic heterocycles. The normalized spacial score (nSPS) is 19.0. The Hall–Kier alpha value is -2.05. The van der Waals surface area contributed by atoms with E-state index in [9.17, 15) is 5.26 Å². The molecular weight excluding hydrogens is 384 g/mol. The van der Waals surface area contributed by atoms with Crippen LogP contribution in [0.4, 0.5) is 5.69 Å². The van der Waals surface area contributed by atoms with E-state index in [1.807, 2.05) is 30.3 Å². The summed E-state index contributed by atoms with van der Waals surface area (Å²) < 4.78 is 1.02. The summed E-state index contributed by atoms with van der Waals surface area (Å²) in [4.78, 5) is 2.50. The van der Waals surface area contributed by atoms with Crippen molar-refractivity contribution >= 4 is 33.3 Å². The third-order valence-electron chi connectivity index (χ3n) is 5.31. The number of allylic oxidation sites excluding steroid dienone is 1. The fourth-order valence-corrected chi connectivity index (χ4v) is 4.44. The highest BCUT2D eigenvalue weighted by atomic mass is 79.9. The van der Waals surface area contributed by atoms with Gasteiger partial charge in [-0.15, -0.1) is 0 Å². The van der Waals surface area contributed by atoms with Crippen molar-refractivity contribution in [3.63, 3.8) is 0 Å². The molecule has 0 N–H and O–H groups in total. The number of halogens is 1. The van der Waals surface area contributed by atoms with Crippen LogP contribution in [-0.4, -0.2) is 12.1 Å². The van der Waals surface area contributed by atoms with Gasteiger partial charge in [0.1, 0.15) is 0 Å². The second kappa shape index (κ2) is 7.29. The smallest absolute Gasteiger partial charge is 0.0998 e. The molecule has 1 atom stereocenters. The summed E-state index contributed by atoms with van der Waals surface area (Å²) in [5, 5.41) is 9.61. The van der Waals surface area contributed by atoms with E-state index in [2.05, 4.69) is 72.8 Å². The molecule has 1 heterocycles. The Labute approximate surface area is 165 Å². The van der Waals surface area contributed by atoms with Gasteiger partial charge in [-0.3, -0.25) is 0 Å². The van der Waals surface area contributed by atoms with Gasteiger partial charge in [-0.2, -0.15) is 5.26 Å². The van der Waals surface area contributed by atoms with Crippen molar-refractivity contribution in [1.82, 2.24) is 0 Å². The Bertz CT molecular complexity index is 872. The molecule has 1 aliphatic heterocycles. The molecule has 0 saturated heterocycles. The van der Waals surface area contributed by atoms with E-state index in [0.29, 0.717) is 11.5 Å². The molecule has 1 aliphatic rings. The average Bonchev–Trinajstić information content (AvgIpc) is 2.60. The monoisotopic (exact) mass is 408 g/mol. The molecule has 0 radical (unpaired) electrons. The zero-order chi connectivity index (χ0) is 18.9. The van der Waals surface area contributed by atoms with Crippen molar-refractivity contribution < 1.29 is 0 Å². The molecule has 0 saturated carbocycles. The molecule has 0 amide bonds. The number of hydrogen-bond donors (Lipinski definition) is 0. The van der Waals surface area contributed by atoms with Crippen molar-refractivity contribution in [2.45, 2.75) is 45.6 Å². The molecular formula is C23H25BrN2. The van der Waals surface area contributed by atoms with Crippen LogP contribution in [0.1, 0.15) is 56.7 Å². The van der Waals surface area contributed by atoms with Gasteiger partial charge in [-0.25, -0.2) is 0 Å². The largest absolute Gasteiger partial charge is 0.366 e. The number of fused-ring (bicyclic) bond motifs is 1. The lowest BCUT2D eigenvalue weighted by Gasteiger charge is -2.47. The maximum Gasteiger partial charge on any atom is 0.0998 e. The summed E-state index contributed by atoms with van der Waals surface area (Å²) >= 11 is 3.45. The minimum atomic E-state index is 0.174. The van der Waals surface area contributed by atoms with Crippen LogP contribution in [0.5, 0.6) is 0 Å². The third kappa shape index (κ3) is 3.57. The Morgan fingerprint density at radius 1 is 1.27 bits per heavy atom. The van der Waals surface area contributed by atoms with Crippen LogP contribution in [0.25, 0.3) is 11.6 Å². The molecule has 2 nitrogen and oxygen atoms in total. The van der Waals surface area contributed by atoms with E-state index in [-0.39, 0.29) is 5.54 Å². The average molecular weight is 409 g/mol. The molecule has 3 heteroatoms. The molecule has 0 fully saturated rings. The first-order valence-electron chi connectivity index (χ1n) is 9.15. The molecule has 0 aliphatic carbocycles. The predicted octanol–water partition coefficient (Wildman–Crippen LogP) is 6.63. The summed E-state index contributed by atoms with van der Waals surface area (Å²) in [6.45, 7) is 10.2. The maximum absolute atomic E-state index is 9.61. The molecule has 2 aromatic carbocycles. The van der Waals surface area contributed by atoms with Crippen LogP contribution in [0, 0.1) is 11.3 Å². The van der Waals surface area contributed by atoms with Gasteiger partial charge in [-0.1, -0.05) is 41.1 Å². The SMILES string of the molecule is CCN1c2ccc(/C=C(/C#N)c3ccc(Br)cc3)cc2[C@@H](C)CC1(C)C. The molecule has 3 rings (SSSR count). The highest BCUT2D eigenvalue weighted by Crippen LogP contribution is 2.43. The number of benzene rings is 2. The van der Waals surface area contributed by atoms with Crippen LogP contribution < -0.4 is 4.90 Å². The van der Waals surface area contributed by atoms with Gasteiger partial charge >= 0.3 is 0 Å². The molecule has 0 bridgehead atoms. The van der Waals surface area contributed by atoms with Crippen molar-refractivity contribution in [2.24, 2.45) is 0 Å². The Balaban J connectivity index is 2.02. The van der Waals surface area contributed by atoms with Crippen LogP contribution in [0.3, 0.4) is 0 Å². The number of hydrogen-bond acceptors (Lipinski definition) is 2. The van der Waals surface area contributed by atoms with Gasteiger partial charge in [0.15, 0.2) is 0 Å². The fourth-order valence-electron chi connectivity index (χ4n) is 4.17. The van der Waals surface area contributed by atoms with Gasteiger partial charge in [-0.05, 0) is 80.1 Å². The molecule has 134 valence electrons. The van der Waals surface area contributed by atoms with Crippen LogP contribution in [-0.2, 0) is 0 Å². The summed E-state index contributed by atoms with van der Waals surface area (Å²) in [6.07, 6.45) is 3.13. The summed E-state index contributed by atoms with van der Waals surface area (Å²) in [5.74, 6) is 0.509. The highest BCUT2D eigenvalue weighted by Gasteiger charge is 2.35. The lowest BCUT2D eigenvalue weighted by atomic mass is 9.79. The van der Waals surface area contributed by atoms with Gasteiger partial charge in [0, 0.05) is 22.2 Å². The Morgan fingerprint density at radius 3 is 2.58 bits per heavy atom. The minimum absolute atomic E-state index is 0.174. The van der Waals surface area contributed by atoms with Crippen LogP contribution in [0.15, 0.2) is 46.9 Å². The number of anilines is 1. The summed E-state index contributed by atoms with van der Waals surface area (Å²) in [7, 11) is 0. The van der Waals surface area contributed by atoms with Gasteiger partial charge in [0.25, 0.3) is 0 Å². The zero-order valence-electron chi connectivity index (χ0n) is 15.9. The number of rotatable bonds is 3. The van der Waals surface area contributed by atoms with E-state index in [1.54, 1.807) is 0 Å². The van der Waals surface area contributed by atoms with E-state index in [0.717, 1.165) is 28.6 Å². The summed E-state index contributed by atoms with van der Waals surface area (Å²) in [5.41, 5.74) is 5.61. The second-order valence-corrected chi connectivity index (χ2v) is 8.57. The molecule has 26 heavy (non-hydrogen) atoms. The molecule has 2 aromatic rings. The first kappa shape index (κ1) is 18.7.